The summed E-state index contributed by atoms with van der Waals surface area (Å²) in [6.07, 6.45) is 37.9. The molecule has 0 radical (unpaired) electrons. The molecule has 0 aliphatic heterocycles. The van der Waals surface area contributed by atoms with E-state index in [2.05, 4.69) is 55.4 Å². The van der Waals surface area contributed by atoms with Crippen molar-refractivity contribution in [1.29, 1.82) is 0 Å². The molecule has 0 rings (SSSR count). The van der Waals surface area contributed by atoms with E-state index in [-0.39, 0.29) is 25.7 Å². The van der Waals surface area contributed by atoms with Gasteiger partial charge in [-0.05, 0) is 49.4 Å². The average molecular weight is 1270 g/mol. The van der Waals surface area contributed by atoms with E-state index in [1.807, 2.05) is 0 Å². The SMILES string of the molecule is CCC(C)CCCCCCCCC(=O)OC[C@H](COP(=O)(O)OC[C@H](O)COP(=O)(O)OC[C@@H](COC(=O)CCCCCCCCCCCCCCCCC(C)C)OC(=O)CCCCCCCCCC(C)C)OC(=O)CCCCCCCCC(C)C. The molecule has 86 heavy (non-hydrogen) atoms. The third-order valence-corrected chi connectivity index (χ3v) is 17.6. The molecule has 6 atom stereocenters. The highest BCUT2D eigenvalue weighted by Crippen LogP contribution is 2.45. The van der Waals surface area contributed by atoms with Crippen LogP contribution in [-0.2, 0) is 65.4 Å². The molecule has 3 N–H and O–H groups in total. The number of hydrogen-bond donors (Lipinski definition) is 3. The van der Waals surface area contributed by atoms with E-state index in [1.165, 1.54) is 122 Å². The second-order valence-electron chi connectivity index (χ2n) is 25.9. The molecule has 0 heterocycles. The van der Waals surface area contributed by atoms with Crippen molar-refractivity contribution in [2.24, 2.45) is 23.7 Å². The molecule has 0 aromatic heterocycles. The van der Waals surface area contributed by atoms with E-state index < -0.39 is 97.5 Å². The van der Waals surface area contributed by atoms with Gasteiger partial charge in [-0.3, -0.25) is 37.3 Å². The predicted octanol–water partition coefficient (Wildman–Crippen LogP) is 18.5. The summed E-state index contributed by atoms with van der Waals surface area (Å²) in [5.74, 6) is 0.754. The van der Waals surface area contributed by atoms with Gasteiger partial charge in [-0.2, -0.15) is 0 Å². The topological polar surface area (TPSA) is 237 Å². The van der Waals surface area contributed by atoms with Gasteiger partial charge in [0.25, 0.3) is 0 Å². The van der Waals surface area contributed by atoms with Crippen molar-refractivity contribution < 1.29 is 80.2 Å². The van der Waals surface area contributed by atoms with Crippen LogP contribution in [0.1, 0.15) is 325 Å². The van der Waals surface area contributed by atoms with E-state index in [9.17, 15) is 43.2 Å². The molecule has 0 saturated heterocycles. The first-order chi connectivity index (χ1) is 41.1. The van der Waals surface area contributed by atoms with Gasteiger partial charge in [-0.1, -0.05) is 274 Å². The van der Waals surface area contributed by atoms with Crippen LogP contribution in [0.5, 0.6) is 0 Å². The van der Waals surface area contributed by atoms with Crippen molar-refractivity contribution in [1.82, 2.24) is 0 Å². The summed E-state index contributed by atoms with van der Waals surface area (Å²) in [6.45, 7) is 13.9. The molecule has 0 aromatic rings. The Morgan fingerprint density at radius 1 is 0.326 bits per heavy atom. The Balaban J connectivity index is 5.19. The van der Waals surface area contributed by atoms with Crippen LogP contribution in [0.15, 0.2) is 0 Å². The Labute approximate surface area is 524 Å². The number of carbonyl (C=O) groups excluding carboxylic acids is 4. The lowest BCUT2D eigenvalue weighted by Crippen LogP contribution is -2.30. The molecule has 0 saturated carbocycles. The highest BCUT2D eigenvalue weighted by Gasteiger charge is 2.30. The quantitative estimate of drug-likeness (QED) is 0.0222. The number of rotatable bonds is 64. The van der Waals surface area contributed by atoms with Crippen molar-refractivity contribution in [3.8, 4) is 0 Å². The zero-order valence-electron chi connectivity index (χ0n) is 55.9. The number of phosphoric acid groups is 2. The number of carbonyl (C=O) groups is 4. The molecule has 0 aliphatic carbocycles. The number of hydrogen-bond acceptors (Lipinski definition) is 15. The Morgan fingerprint density at radius 2 is 0.558 bits per heavy atom. The molecule has 0 bridgehead atoms. The largest absolute Gasteiger partial charge is 0.472 e. The second kappa shape index (κ2) is 57.0. The minimum Gasteiger partial charge on any atom is -0.462 e. The lowest BCUT2D eigenvalue weighted by Gasteiger charge is -2.21. The fraction of sp³-hybridized carbons (Fsp3) is 0.940. The molecule has 0 spiro atoms. The van der Waals surface area contributed by atoms with Crippen LogP contribution >= 0.6 is 15.6 Å². The van der Waals surface area contributed by atoms with Crippen molar-refractivity contribution in [3.63, 3.8) is 0 Å². The van der Waals surface area contributed by atoms with Gasteiger partial charge in [0.15, 0.2) is 12.2 Å². The Bertz CT molecular complexity index is 1720. The molecule has 19 heteroatoms. The molecular weight excluding hydrogens is 1140 g/mol. The Kier molecular flexibility index (Phi) is 55.7. The number of phosphoric ester groups is 2. The zero-order valence-corrected chi connectivity index (χ0v) is 57.7. The number of ether oxygens (including phenoxy) is 4. The maximum absolute atomic E-state index is 13.0. The molecule has 0 fully saturated rings. The maximum atomic E-state index is 13.0. The van der Waals surface area contributed by atoms with Gasteiger partial charge >= 0.3 is 39.5 Å². The summed E-state index contributed by atoms with van der Waals surface area (Å²) < 4.78 is 68.0. The number of unbranched alkanes of at least 4 members (excludes halogenated alkanes) is 29. The minimum absolute atomic E-state index is 0.101. The first kappa shape index (κ1) is 84.1. The van der Waals surface area contributed by atoms with E-state index in [1.54, 1.807) is 0 Å². The molecule has 0 amide bonds. The number of esters is 4. The van der Waals surface area contributed by atoms with Gasteiger partial charge in [0.1, 0.15) is 19.3 Å². The molecule has 3 unspecified atom stereocenters. The van der Waals surface area contributed by atoms with E-state index in [0.717, 1.165) is 108 Å². The first-order valence-electron chi connectivity index (χ1n) is 34.7. The number of aliphatic hydroxyl groups excluding tert-OH is 1. The van der Waals surface area contributed by atoms with Crippen LogP contribution in [-0.4, -0.2) is 96.7 Å². The monoisotopic (exact) mass is 1270 g/mol. The van der Waals surface area contributed by atoms with Crippen LogP contribution in [0.2, 0.25) is 0 Å². The molecule has 0 aromatic carbocycles. The Hall–Kier alpha value is -1.94. The normalized spacial score (nSPS) is 14.7. The lowest BCUT2D eigenvalue weighted by atomic mass is 10.00. The first-order valence-corrected chi connectivity index (χ1v) is 37.7. The van der Waals surface area contributed by atoms with Crippen molar-refractivity contribution >= 4 is 39.5 Å². The highest BCUT2D eigenvalue weighted by atomic mass is 31.2. The van der Waals surface area contributed by atoms with E-state index >= 15 is 0 Å². The summed E-state index contributed by atoms with van der Waals surface area (Å²) in [5, 5.41) is 10.5. The fourth-order valence-electron chi connectivity index (χ4n) is 9.93. The minimum atomic E-state index is -4.95. The maximum Gasteiger partial charge on any atom is 0.472 e. The fourth-order valence-corrected chi connectivity index (χ4v) is 11.5. The predicted molar refractivity (Wildman–Crippen MR) is 344 cm³/mol. The lowest BCUT2D eigenvalue weighted by molar-refractivity contribution is -0.161. The van der Waals surface area contributed by atoms with Gasteiger partial charge in [0, 0.05) is 25.7 Å². The van der Waals surface area contributed by atoms with Crippen LogP contribution in [0.3, 0.4) is 0 Å². The average Bonchev–Trinajstić information content (AvgIpc) is 3.68. The smallest absolute Gasteiger partial charge is 0.462 e. The zero-order chi connectivity index (χ0) is 63.9. The summed E-state index contributed by atoms with van der Waals surface area (Å²) in [7, 11) is -9.89. The molecular formula is C67H130O17P2. The van der Waals surface area contributed by atoms with E-state index in [4.69, 9.17) is 37.0 Å². The highest BCUT2D eigenvalue weighted by molar-refractivity contribution is 7.47. The van der Waals surface area contributed by atoms with Crippen molar-refractivity contribution in [2.45, 2.75) is 343 Å². The summed E-state index contributed by atoms with van der Waals surface area (Å²) in [4.78, 5) is 72.3. The third kappa shape index (κ3) is 59.7. The summed E-state index contributed by atoms with van der Waals surface area (Å²) in [6, 6.07) is 0. The molecule has 510 valence electrons. The summed E-state index contributed by atoms with van der Waals surface area (Å²) in [5.41, 5.74) is 0. The van der Waals surface area contributed by atoms with Crippen LogP contribution < -0.4 is 0 Å². The van der Waals surface area contributed by atoms with E-state index in [0.29, 0.717) is 37.5 Å². The van der Waals surface area contributed by atoms with Gasteiger partial charge in [0.05, 0.1) is 26.4 Å². The molecule has 0 aliphatic rings. The third-order valence-electron chi connectivity index (χ3n) is 15.7. The van der Waals surface area contributed by atoms with Gasteiger partial charge in [-0.15, -0.1) is 0 Å². The van der Waals surface area contributed by atoms with Crippen molar-refractivity contribution in [2.75, 3.05) is 39.6 Å². The standard InChI is InChI=1S/C67H130O17P2/c1-9-60(8)46-38-30-24-26-32-40-48-65(70)78-54-63(84-67(72)50-42-34-25-23-29-37-45-59(6)7)56-82-86(75,76)80-52-61(68)51-79-85(73,74)81-55-62(83-66(71)49-41-33-22-18-20-28-36-44-58(4)5)53-77-64(69)47-39-31-21-17-15-13-11-10-12-14-16-19-27-35-43-57(2)3/h57-63,68H,9-56H2,1-8H3,(H,73,74)(H,75,76)/t60?,61-,62-,63-/m1/s1. The van der Waals surface area contributed by atoms with Crippen LogP contribution in [0, 0.1) is 23.7 Å². The van der Waals surface area contributed by atoms with Crippen LogP contribution in [0.4, 0.5) is 0 Å². The van der Waals surface area contributed by atoms with Gasteiger partial charge in [-0.25, -0.2) is 9.13 Å². The van der Waals surface area contributed by atoms with Crippen LogP contribution in [0.25, 0.3) is 0 Å². The number of aliphatic hydroxyl groups is 1. The van der Waals surface area contributed by atoms with Crippen molar-refractivity contribution in [3.05, 3.63) is 0 Å². The second-order valence-corrected chi connectivity index (χ2v) is 28.8. The Morgan fingerprint density at radius 3 is 0.826 bits per heavy atom. The van der Waals surface area contributed by atoms with Gasteiger partial charge in [0.2, 0.25) is 0 Å². The van der Waals surface area contributed by atoms with Gasteiger partial charge < -0.3 is 33.8 Å². The molecule has 17 nitrogen and oxygen atoms in total. The summed E-state index contributed by atoms with van der Waals surface area (Å²) >= 11 is 0.